The number of rotatable bonds is 5. The van der Waals surface area contributed by atoms with Crippen molar-refractivity contribution in [1.82, 2.24) is 5.32 Å². The molecule has 1 aromatic carbocycles. The van der Waals surface area contributed by atoms with E-state index >= 15 is 0 Å². The van der Waals surface area contributed by atoms with E-state index in [1.54, 1.807) is 0 Å². The van der Waals surface area contributed by atoms with E-state index in [1.165, 1.54) is 10.5 Å². The Kier molecular flexibility index (Phi) is 4.09. The number of aliphatic hydroxyl groups excluding tert-OH is 2. The van der Waals surface area contributed by atoms with Crippen molar-refractivity contribution in [2.24, 2.45) is 0 Å². The second-order valence-corrected chi connectivity index (χ2v) is 5.56. The SMILES string of the molecule is CCC(CO)(CO)NC1CSc2ccccc21. The third kappa shape index (κ3) is 2.50. The largest absolute Gasteiger partial charge is 0.394 e. The van der Waals surface area contributed by atoms with Gasteiger partial charge in [-0.2, -0.15) is 0 Å². The standard InChI is InChI=1S/C13H19NO2S/c1-2-13(8-15,9-16)14-11-7-17-12-6-4-3-5-10(11)12/h3-6,11,14-16H,2,7-9H2,1H3. The Hall–Kier alpha value is -0.550. The van der Waals surface area contributed by atoms with Crippen LogP contribution in [0.4, 0.5) is 0 Å². The van der Waals surface area contributed by atoms with Crippen LogP contribution in [0.5, 0.6) is 0 Å². The molecule has 1 atom stereocenters. The van der Waals surface area contributed by atoms with E-state index in [9.17, 15) is 10.2 Å². The molecule has 0 radical (unpaired) electrons. The van der Waals surface area contributed by atoms with E-state index in [1.807, 2.05) is 30.8 Å². The first-order valence-electron chi connectivity index (χ1n) is 5.96. The van der Waals surface area contributed by atoms with Gasteiger partial charge in [0.15, 0.2) is 0 Å². The number of thioether (sulfide) groups is 1. The molecule has 0 amide bonds. The zero-order valence-electron chi connectivity index (χ0n) is 10.0. The molecule has 2 rings (SSSR count). The maximum absolute atomic E-state index is 9.46. The molecule has 0 saturated heterocycles. The minimum absolute atomic E-state index is 0.0384. The lowest BCUT2D eigenvalue weighted by molar-refractivity contribution is 0.0799. The monoisotopic (exact) mass is 253 g/mol. The second kappa shape index (κ2) is 5.40. The van der Waals surface area contributed by atoms with E-state index in [-0.39, 0.29) is 19.3 Å². The summed E-state index contributed by atoms with van der Waals surface area (Å²) in [6, 6.07) is 8.52. The van der Waals surface area contributed by atoms with Crippen LogP contribution in [0, 0.1) is 0 Å². The van der Waals surface area contributed by atoms with Gasteiger partial charge in [0, 0.05) is 16.7 Å². The molecular weight excluding hydrogens is 234 g/mol. The Morgan fingerprint density at radius 3 is 2.71 bits per heavy atom. The molecule has 0 fully saturated rings. The van der Waals surface area contributed by atoms with Crippen molar-refractivity contribution in [3.63, 3.8) is 0 Å². The maximum Gasteiger partial charge on any atom is 0.0650 e. The van der Waals surface area contributed by atoms with E-state index in [4.69, 9.17) is 0 Å². The summed E-state index contributed by atoms with van der Waals surface area (Å²) in [5.41, 5.74) is 0.708. The van der Waals surface area contributed by atoms with Crippen LogP contribution < -0.4 is 5.32 Å². The van der Waals surface area contributed by atoms with Crippen molar-refractivity contribution >= 4 is 11.8 Å². The summed E-state index contributed by atoms with van der Waals surface area (Å²) in [6.07, 6.45) is 0.712. The molecule has 0 spiro atoms. The first kappa shape index (κ1) is 12.9. The van der Waals surface area contributed by atoms with Crippen LogP contribution in [0.25, 0.3) is 0 Å². The molecular formula is C13H19NO2S. The predicted molar refractivity (Wildman–Crippen MR) is 70.2 cm³/mol. The lowest BCUT2D eigenvalue weighted by atomic mass is 9.95. The van der Waals surface area contributed by atoms with E-state index in [0.29, 0.717) is 6.42 Å². The fourth-order valence-corrected chi connectivity index (χ4v) is 3.28. The molecule has 0 bridgehead atoms. The quantitative estimate of drug-likeness (QED) is 0.745. The number of hydrogen-bond acceptors (Lipinski definition) is 4. The highest BCUT2D eigenvalue weighted by Gasteiger charge is 2.33. The summed E-state index contributed by atoms with van der Waals surface area (Å²) in [7, 11) is 0. The van der Waals surface area contributed by atoms with Gasteiger partial charge in [0.2, 0.25) is 0 Å². The average Bonchev–Trinajstić information content (AvgIpc) is 2.79. The van der Waals surface area contributed by atoms with E-state index < -0.39 is 5.54 Å². The van der Waals surface area contributed by atoms with E-state index in [0.717, 1.165) is 5.75 Å². The fourth-order valence-electron chi connectivity index (χ4n) is 2.12. The summed E-state index contributed by atoms with van der Waals surface area (Å²) in [5.74, 6) is 0.959. The van der Waals surface area contributed by atoms with Gasteiger partial charge in [-0.3, -0.25) is 5.32 Å². The minimum Gasteiger partial charge on any atom is -0.394 e. The average molecular weight is 253 g/mol. The molecule has 17 heavy (non-hydrogen) atoms. The third-order valence-electron chi connectivity index (χ3n) is 3.46. The lowest BCUT2D eigenvalue weighted by Gasteiger charge is -2.33. The van der Waals surface area contributed by atoms with Gasteiger partial charge >= 0.3 is 0 Å². The zero-order valence-corrected chi connectivity index (χ0v) is 10.8. The van der Waals surface area contributed by atoms with Gasteiger partial charge in [0.1, 0.15) is 0 Å². The molecule has 1 aliphatic heterocycles. The number of benzene rings is 1. The van der Waals surface area contributed by atoms with Gasteiger partial charge in [-0.15, -0.1) is 11.8 Å². The predicted octanol–water partition coefficient (Wildman–Crippen LogP) is 1.56. The lowest BCUT2D eigenvalue weighted by Crippen LogP contribution is -2.52. The van der Waals surface area contributed by atoms with Gasteiger partial charge < -0.3 is 10.2 Å². The van der Waals surface area contributed by atoms with Crippen molar-refractivity contribution in [3.8, 4) is 0 Å². The van der Waals surface area contributed by atoms with Gasteiger partial charge in [-0.1, -0.05) is 25.1 Å². The van der Waals surface area contributed by atoms with Crippen LogP contribution in [0.15, 0.2) is 29.2 Å². The van der Waals surface area contributed by atoms with Crippen LogP contribution in [-0.4, -0.2) is 34.7 Å². The molecule has 3 N–H and O–H groups in total. The molecule has 1 heterocycles. The van der Waals surface area contributed by atoms with E-state index in [2.05, 4.69) is 17.4 Å². The fraction of sp³-hybridized carbons (Fsp3) is 0.538. The Labute approximate surface area is 106 Å². The van der Waals surface area contributed by atoms with Crippen molar-refractivity contribution < 1.29 is 10.2 Å². The summed E-state index contributed by atoms with van der Waals surface area (Å²) in [4.78, 5) is 1.30. The molecule has 0 aromatic heterocycles. The number of fused-ring (bicyclic) bond motifs is 1. The van der Waals surface area contributed by atoms with Crippen molar-refractivity contribution in [3.05, 3.63) is 29.8 Å². The van der Waals surface area contributed by atoms with Crippen LogP contribution in [0.3, 0.4) is 0 Å². The maximum atomic E-state index is 9.46. The highest BCUT2D eigenvalue weighted by atomic mass is 32.2. The third-order valence-corrected chi connectivity index (χ3v) is 4.65. The highest BCUT2D eigenvalue weighted by molar-refractivity contribution is 7.99. The van der Waals surface area contributed by atoms with Crippen LogP contribution in [-0.2, 0) is 0 Å². The van der Waals surface area contributed by atoms with Crippen molar-refractivity contribution in [1.29, 1.82) is 0 Å². The Morgan fingerprint density at radius 1 is 1.35 bits per heavy atom. The summed E-state index contributed by atoms with van der Waals surface area (Å²) in [5, 5.41) is 22.3. The topological polar surface area (TPSA) is 52.5 Å². The summed E-state index contributed by atoms with van der Waals surface area (Å²) < 4.78 is 0. The van der Waals surface area contributed by atoms with Gasteiger partial charge in [-0.05, 0) is 18.1 Å². The number of nitrogens with one attached hydrogen (secondary N) is 1. The van der Waals surface area contributed by atoms with Crippen LogP contribution in [0.2, 0.25) is 0 Å². The first-order chi connectivity index (χ1) is 8.24. The normalized spacial score (nSPS) is 19.4. The highest BCUT2D eigenvalue weighted by Crippen LogP contribution is 2.38. The van der Waals surface area contributed by atoms with Crippen LogP contribution >= 0.6 is 11.8 Å². The molecule has 0 saturated carbocycles. The molecule has 0 aliphatic carbocycles. The van der Waals surface area contributed by atoms with Crippen molar-refractivity contribution in [2.45, 2.75) is 29.8 Å². The van der Waals surface area contributed by atoms with Crippen molar-refractivity contribution in [2.75, 3.05) is 19.0 Å². The zero-order chi connectivity index (χ0) is 12.3. The number of aliphatic hydroxyl groups is 2. The number of hydrogen-bond donors (Lipinski definition) is 3. The van der Waals surface area contributed by atoms with Crippen LogP contribution in [0.1, 0.15) is 24.9 Å². The smallest absolute Gasteiger partial charge is 0.0650 e. The first-order valence-corrected chi connectivity index (χ1v) is 6.94. The van der Waals surface area contributed by atoms with Gasteiger partial charge in [0.25, 0.3) is 0 Å². The second-order valence-electron chi connectivity index (χ2n) is 4.50. The van der Waals surface area contributed by atoms with Gasteiger partial charge in [-0.25, -0.2) is 0 Å². The molecule has 94 valence electrons. The van der Waals surface area contributed by atoms with Gasteiger partial charge in [0.05, 0.1) is 18.8 Å². The minimum atomic E-state index is -0.567. The molecule has 1 aromatic rings. The molecule has 3 nitrogen and oxygen atoms in total. The molecule has 1 unspecified atom stereocenters. The molecule has 1 aliphatic rings. The Balaban J connectivity index is 2.16. The molecule has 4 heteroatoms. The Bertz CT molecular complexity index is 371. The summed E-state index contributed by atoms with van der Waals surface area (Å²) >= 11 is 1.82. The Morgan fingerprint density at radius 2 is 2.06 bits per heavy atom. The summed E-state index contributed by atoms with van der Waals surface area (Å²) in [6.45, 7) is 1.90.